The van der Waals surface area contributed by atoms with E-state index in [4.69, 9.17) is 4.74 Å². The first kappa shape index (κ1) is 19.5. The second-order valence-corrected chi connectivity index (χ2v) is 7.96. The Morgan fingerprint density at radius 1 is 1.17 bits per heavy atom. The number of benzene rings is 2. The summed E-state index contributed by atoms with van der Waals surface area (Å²) in [5, 5.41) is 9.46. The van der Waals surface area contributed by atoms with Crippen molar-refractivity contribution < 1.29 is 9.53 Å². The van der Waals surface area contributed by atoms with Crippen LogP contribution in [0.4, 0.5) is 5.69 Å². The second-order valence-electron chi connectivity index (χ2n) is 7.01. The zero-order chi connectivity index (χ0) is 20.4. The lowest BCUT2D eigenvalue weighted by atomic mass is 10.1. The highest BCUT2D eigenvalue weighted by Crippen LogP contribution is 2.33. The summed E-state index contributed by atoms with van der Waals surface area (Å²) < 4.78 is 7.27. The summed E-state index contributed by atoms with van der Waals surface area (Å²) in [4.78, 5) is 14.9. The van der Waals surface area contributed by atoms with Crippen molar-refractivity contribution in [3.05, 3.63) is 54.1 Å². The van der Waals surface area contributed by atoms with Crippen molar-refractivity contribution in [1.29, 1.82) is 0 Å². The molecular weight excluding hydrogens is 384 g/mol. The molecule has 0 unspecified atom stereocenters. The molecule has 2 heterocycles. The van der Waals surface area contributed by atoms with Gasteiger partial charge in [-0.25, -0.2) is 0 Å². The van der Waals surface area contributed by atoms with Gasteiger partial charge in [0, 0.05) is 23.8 Å². The summed E-state index contributed by atoms with van der Waals surface area (Å²) in [6, 6.07) is 16.1. The van der Waals surface area contributed by atoms with E-state index in [0.717, 1.165) is 40.9 Å². The predicted octanol–water partition coefficient (Wildman–Crippen LogP) is 4.04. The van der Waals surface area contributed by atoms with Crippen LogP contribution in [0.15, 0.2) is 53.7 Å². The molecule has 0 radical (unpaired) electrons. The number of hydrogen-bond acceptors (Lipinski definition) is 5. The normalized spacial score (nSPS) is 15.4. The van der Waals surface area contributed by atoms with Crippen LogP contribution in [-0.2, 0) is 17.8 Å². The Bertz CT molecular complexity index is 1020. The van der Waals surface area contributed by atoms with Gasteiger partial charge in [-0.2, -0.15) is 0 Å². The molecule has 0 fully saturated rings. The van der Waals surface area contributed by atoms with E-state index in [1.54, 1.807) is 7.11 Å². The molecule has 1 amide bonds. The van der Waals surface area contributed by atoms with Gasteiger partial charge in [-0.15, -0.1) is 10.2 Å². The Hall–Kier alpha value is -2.80. The first-order valence-corrected chi connectivity index (χ1v) is 10.7. The smallest absolute Gasteiger partial charge is 0.237 e. The van der Waals surface area contributed by atoms with E-state index in [9.17, 15) is 4.79 Å². The fourth-order valence-corrected chi connectivity index (χ4v) is 4.64. The average molecular weight is 409 g/mol. The number of ether oxygens (including phenoxy) is 1. The number of anilines is 1. The van der Waals surface area contributed by atoms with Crippen LogP contribution in [0, 0.1) is 0 Å². The number of nitrogens with zero attached hydrogens (tertiary/aromatic N) is 4. The Morgan fingerprint density at radius 3 is 2.66 bits per heavy atom. The third-order valence-corrected chi connectivity index (χ3v) is 6.13. The van der Waals surface area contributed by atoms with Crippen molar-refractivity contribution in [3.63, 3.8) is 0 Å². The predicted molar refractivity (Wildman–Crippen MR) is 116 cm³/mol. The molecule has 4 rings (SSSR count). The van der Waals surface area contributed by atoms with Crippen molar-refractivity contribution in [1.82, 2.24) is 14.8 Å². The van der Waals surface area contributed by atoms with Crippen molar-refractivity contribution in [2.75, 3.05) is 17.8 Å². The second kappa shape index (κ2) is 8.29. The molecule has 0 saturated carbocycles. The standard InChI is InChI=1S/C22H24N4O2S/c1-4-25-21(16-9-11-18(28-3)12-10-16)23-24-22(25)29-14-20(27)26-15(2)13-17-7-5-6-8-19(17)26/h5-12,15H,4,13-14H2,1-3H3/t15-/m1/s1. The van der Waals surface area contributed by atoms with E-state index in [1.165, 1.54) is 17.3 Å². The van der Waals surface area contributed by atoms with Gasteiger partial charge >= 0.3 is 0 Å². The van der Waals surface area contributed by atoms with E-state index in [-0.39, 0.29) is 11.9 Å². The minimum atomic E-state index is 0.101. The zero-order valence-electron chi connectivity index (χ0n) is 16.8. The number of carbonyl (C=O) groups is 1. The number of thioether (sulfide) groups is 1. The summed E-state index contributed by atoms with van der Waals surface area (Å²) in [7, 11) is 1.65. The number of para-hydroxylation sites is 1. The van der Waals surface area contributed by atoms with E-state index >= 15 is 0 Å². The highest BCUT2D eigenvalue weighted by molar-refractivity contribution is 7.99. The number of rotatable bonds is 6. The molecule has 7 heteroatoms. The number of aromatic nitrogens is 3. The third-order valence-electron chi connectivity index (χ3n) is 5.18. The maximum atomic E-state index is 13.0. The van der Waals surface area contributed by atoms with Crippen LogP contribution in [-0.4, -0.2) is 39.6 Å². The quantitative estimate of drug-likeness (QED) is 0.576. The van der Waals surface area contributed by atoms with Gasteiger partial charge < -0.3 is 14.2 Å². The van der Waals surface area contributed by atoms with Crippen LogP contribution in [0.2, 0.25) is 0 Å². The minimum Gasteiger partial charge on any atom is -0.497 e. The van der Waals surface area contributed by atoms with Crippen molar-refractivity contribution in [2.24, 2.45) is 0 Å². The van der Waals surface area contributed by atoms with E-state index in [1.807, 2.05) is 51.9 Å². The van der Waals surface area contributed by atoms with Crippen molar-refractivity contribution >= 4 is 23.4 Å². The SMILES string of the molecule is CCn1c(SCC(=O)N2c3ccccc3C[C@H]2C)nnc1-c1ccc(OC)cc1. The Labute approximate surface area is 174 Å². The van der Waals surface area contributed by atoms with Gasteiger partial charge in [0.1, 0.15) is 5.75 Å². The lowest BCUT2D eigenvalue weighted by molar-refractivity contribution is -0.116. The van der Waals surface area contributed by atoms with Gasteiger partial charge in [-0.3, -0.25) is 4.79 Å². The van der Waals surface area contributed by atoms with Crippen LogP contribution in [0.1, 0.15) is 19.4 Å². The van der Waals surface area contributed by atoms with Crippen LogP contribution in [0.25, 0.3) is 11.4 Å². The monoisotopic (exact) mass is 408 g/mol. The van der Waals surface area contributed by atoms with E-state index in [2.05, 4.69) is 30.1 Å². The third kappa shape index (κ3) is 3.74. The Kier molecular flexibility index (Phi) is 5.58. The maximum absolute atomic E-state index is 13.0. The highest BCUT2D eigenvalue weighted by atomic mass is 32.2. The van der Waals surface area contributed by atoms with Gasteiger partial charge in [-0.05, 0) is 56.2 Å². The molecule has 1 aliphatic heterocycles. The van der Waals surface area contributed by atoms with Crippen LogP contribution in [0.5, 0.6) is 5.75 Å². The Balaban J connectivity index is 1.50. The molecule has 3 aromatic rings. The number of hydrogen-bond donors (Lipinski definition) is 0. The van der Waals surface area contributed by atoms with Crippen LogP contribution in [0.3, 0.4) is 0 Å². The summed E-state index contributed by atoms with van der Waals surface area (Å²) in [6.07, 6.45) is 0.902. The highest BCUT2D eigenvalue weighted by Gasteiger charge is 2.30. The van der Waals surface area contributed by atoms with Gasteiger partial charge in [-0.1, -0.05) is 30.0 Å². The molecule has 2 aromatic carbocycles. The van der Waals surface area contributed by atoms with Gasteiger partial charge in [0.2, 0.25) is 5.91 Å². The van der Waals surface area contributed by atoms with Gasteiger partial charge in [0.15, 0.2) is 11.0 Å². The summed E-state index contributed by atoms with van der Waals surface area (Å²) in [5.41, 5.74) is 3.23. The largest absolute Gasteiger partial charge is 0.497 e. The molecule has 0 saturated heterocycles. The zero-order valence-corrected chi connectivity index (χ0v) is 17.6. The first-order chi connectivity index (χ1) is 14.1. The maximum Gasteiger partial charge on any atom is 0.237 e. The molecule has 0 N–H and O–H groups in total. The fraction of sp³-hybridized carbons (Fsp3) is 0.318. The molecular formula is C22H24N4O2S. The van der Waals surface area contributed by atoms with Crippen LogP contribution >= 0.6 is 11.8 Å². The average Bonchev–Trinajstić information content (AvgIpc) is 3.31. The molecule has 0 bridgehead atoms. The molecule has 0 spiro atoms. The number of carbonyl (C=O) groups excluding carboxylic acids is 1. The molecule has 0 aliphatic carbocycles. The minimum absolute atomic E-state index is 0.101. The molecule has 1 atom stereocenters. The summed E-state index contributed by atoms with van der Waals surface area (Å²) >= 11 is 1.44. The van der Waals surface area contributed by atoms with Crippen molar-refractivity contribution in [2.45, 2.75) is 38.0 Å². The number of fused-ring (bicyclic) bond motifs is 1. The van der Waals surface area contributed by atoms with Gasteiger partial charge in [0.25, 0.3) is 0 Å². The molecule has 29 heavy (non-hydrogen) atoms. The number of methoxy groups -OCH3 is 1. The summed E-state index contributed by atoms with van der Waals surface area (Å²) in [5.74, 6) is 2.03. The lowest BCUT2D eigenvalue weighted by Crippen LogP contribution is -2.37. The fourth-order valence-electron chi connectivity index (χ4n) is 3.78. The first-order valence-electron chi connectivity index (χ1n) is 9.72. The molecule has 1 aliphatic rings. The summed E-state index contributed by atoms with van der Waals surface area (Å²) in [6.45, 7) is 4.88. The van der Waals surface area contributed by atoms with E-state index in [0.29, 0.717) is 5.75 Å². The van der Waals surface area contributed by atoms with E-state index < -0.39 is 0 Å². The molecule has 6 nitrogen and oxygen atoms in total. The van der Waals surface area contributed by atoms with Crippen LogP contribution < -0.4 is 9.64 Å². The van der Waals surface area contributed by atoms with Crippen molar-refractivity contribution in [3.8, 4) is 17.1 Å². The number of amides is 1. The molecule has 150 valence electrons. The lowest BCUT2D eigenvalue weighted by Gasteiger charge is -2.22. The Morgan fingerprint density at radius 2 is 1.93 bits per heavy atom. The van der Waals surface area contributed by atoms with Gasteiger partial charge in [0.05, 0.1) is 12.9 Å². The topological polar surface area (TPSA) is 60.2 Å². The molecule has 1 aromatic heterocycles.